The Hall–Kier alpha value is -7.35. The first-order chi connectivity index (χ1) is 26.3. The minimum atomic E-state index is 0.630. The number of nitrogens with zero attached hydrogens (tertiary/aromatic N) is 3. The van der Waals surface area contributed by atoms with Crippen LogP contribution in [0.25, 0.3) is 99.2 Å². The van der Waals surface area contributed by atoms with E-state index >= 15 is 0 Å². The molecule has 0 unspecified atom stereocenters. The lowest BCUT2D eigenvalue weighted by Crippen LogP contribution is -2.02. The zero-order valence-corrected chi connectivity index (χ0v) is 28.5. The van der Waals surface area contributed by atoms with Crippen molar-refractivity contribution in [3.05, 3.63) is 181 Å². The van der Waals surface area contributed by atoms with Gasteiger partial charge in [0.15, 0.2) is 0 Å². The normalized spacial score (nSPS) is 11.8. The lowest BCUT2D eigenvalue weighted by atomic mass is 9.94. The molecule has 11 aromatic rings. The third-order valence-electron chi connectivity index (χ3n) is 10.8. The van der Waals surface area contributed by atoms with Gasteiger partial charge in [0.1, 0.15) is 11.2 Å². The summed E-state index contributed by atoms with van der Waals surface area (Å²) in [5.74, 6) is 0. The van der Waals surface area contributed by atoms with E-state index in [1.807, 2.05) is 36.4 Å². The van der Waals surface area contributed by atoms with E-state index in [1.54, 1.807) is 0 Å². The molecule has 3 heterocycles. The molecule has 4 heteroatoms. The first-order valence-corrected chi connectivity index (χ1v) is 17.8. The summed E-state index contributed by atoms with van der Waals surface area (Å²) in [6, 6.07) is 64.1. The van der Waals surface area contributed by atoms with Gasteiger partial charge in [-0.25, -0.2) is 0 Å². The Balaban J connectivity index is 1.23. The number of benzene rings is 8. The van der Waals surface area contributed by atoms with Gasteiger partial charge in [0.05, 0.1) is 44.8 Å². The highest BCUT2D eigenvalue weighted by molar-refractivity contribution is 6.24. The summed E-state index contributed by atoms with van der Waals surface area (Å²) in [6.07, 6.45) is 0. The SMILES string of the molecule is N#Cc1cc(-c2ccccc2)ccc1-c1ccc(-n2c3ccccc3c3c4oc5ccccc5c4ccc32)cc1-n1c2ccccc2c2ccccc21. The Bertz CT molecular complexity index is 3250. The van der Waals surface area contributed by atoms with E-state index in [1.165, 1.54) is 10.8 Å². The van der Waals surface area contributed by atoms with Crippen LogP contribution in [0.1, 0.15) is 5.56 Å². The molecular formula is C49H29N3O. The van der Waals surface area contributed by atoms with Crippen LogP contribution in [0.4, 0.5) is 0 Å². The van der Waals surface area contributed by atoms with E-state index in [0.717, 1.165) is 88.4 Å². The van der Waals surface area contributed by atoms with Gasteiger partial charge in [-0.3, -0.25) is 0 Å². The quantitative estimate of drug-likeness (QED) is 0.186. The Labute approximate surface area is 304 Å². The first kappa shape index (κ1) is 29.4. The number of aromatic nitrogens is 2. The largest absolute Gasteiger partial charge is 0.455 e. The van der Waals surface area contributed by atoms with E-state index < -0.39 is 0 Å². The molecule has 0 saturated carbocycles. The van der Waals surface area contributed by atoms with E-state index in [0.29, 0.717) is 5.56 Å². The molecule has 0 N–H and O–H groups in total. The molecule has 0 saturated heterocycles. The molecule has 53 heavy (non-hydrogen) atoms. The van der Waals surface area contributed by atoms with Crippen LogP contribution in [0, 0.1) is 11.3 Å². The number of hydrogen-bond donors (Lipinski definition) is 0. The molecule has 3 aromatic heterocycles. The first-order valence-electron chi connectivity index (χ1n) is 17.8. The number of nitriles is 1. The average molecular weight is 676 g/mol. The predicted octanol–water partition coefficient (Wildman–Crippen LogP) is 13.0. The van der Waals surface area contributed by atoms with Gasteiger partial charge in [0.25, 0.3) is 0 Å². The van der Waals surface area contributed by atoms with Crippen molar-refractivity contribution in [3.8, 4) is 39.7 Å². The molecule has 0 bridgehead atoms. The maximum absolute atomic E-state index is 10.6. The summed E-state index contributed by atoms with van der Waals surface area (Å²) in [5.41, 5.74) is 12.8. The second-order valence-corrected chi connectivity index (χ2v) is 13.6. The molecule has 0 aliphatic rings. The van der Waals surface area contributed by atoms with Gasteiger partial charge in [-0.05, 0) is 65.7 Å². The van der Waals surface area contributed by atoms with Crippen LogP contribution >= 0.6 is 0 Å². The maximum atomic E-state index is 10.6. The smallest absolute Gasteiger partial charge is 0.145 e. The molecule has 0 aliphatic heterocycles. The molecule has 0 spiro atoms. The van der Waals surface area contributed by atoms with Crippen molar-refractivity contribution in [2.75, 3.05) is 0 Å². The lowest BCUT2D eigenvalue weighted by molar-refractivity contribution is 0.673. The fourth-order valence-electron chi connectivity index (χ4n) is 8.45. The Morgan fingerprint density at radius 2 is 1.06 bits per heavy atom. The number of furan rings is 1. The summed E-state index contributed by atoms with van der Waals surface area (Å²) in [7, 11) is 0. The lowest BCUT2D eigenvalue weighted by Gasteiger charge is -2.18. The second-order valence-electron chi connectivity index (χ2n) is 13.6. The molecule has 11 rings (SSSR count). The van der Waals surface area contributed by atoms with Crippen molar-refractivity contribution in [2.45, 2.75) is 0 Å². The van der Waals surface area contributed by atoms with Crippen LogP contribution in [0.3, 0.4) is 0 Å². The highest BCUT2D eigenvalue weighted by atomic mass is 16.3. The minimum Gasteiger partial charge on any atom is -0.455 e. The van der Waals surface area contributed by atoms with Gasteiger partial charge in [-0.1, -0.05) is 121 Å². The van der Waals surface area contributed by atoms with E-state index in [4.69, 9.17) is 4.42 Å². The molecule has 4 nitrogen and oxygen atoms in total. The fourth-order valence-corrected chi connectivity index (χ4v) is 8.45. The molecule has 0 atom stereocenters. The maximum Gasteiger partial charge on any atom is 0.145 e. The summed E-state index contributed by atoms with van der Waals surface area (Å²) < 4.78 is 11.3. The van der Waals surface area contributed by atoms with Gasteiger partial charge >= 0.3 is 0 Å². The molecule has 0 radical (unpaired) electrons. The van der Waals surface area contributed by atoms with Crippen LogP contribution < -0.4 is 0 Å². The average Bonchev–Trinajstić information content (AvgIpc) is 3.88. The number of hydrogen-bond acceptors (Lipinski definition) is 2. The summed E-state index contributed by atoms with van der Waals surface area (Å²) in [4.78, 5) is 0. The highest BCUT2D eigenvalue weighted by Crippen LogP contribution is 2.43. The summed E-state index contributed by atoms with van der Waals surface area (Å²) in [6.45, 7) is 0. The van der Waals surface area contributed by atoms with Crippen LogP contribution in [0.15, 0.2) is 180 Å². The van der Waals surface area contributed by atoms with Crippen LogP contribution in [-0.2, 0) is 0 Å². The van der Waals surface area contributed by atoms with Gasteiger partial charge in [-0.15, -0.1) is 0 Å². The van der Waals surface area contributed by atoms with Crippen molar-refractivity contribution in [1.82, 2.24) is 9.13 Å². The van der Waals surface area contributed by atoms with Crippen LogP contribution in [0.5, 0.6) is 0 Å². The molecule has 8 aromatic carbocycles. The number of fused-ring (bicyclic) bond motifs is 10. The number of para-hydroxylation sites is 4. The third kappa shape index (κ3) is 4.29. The zero-order valence-electron chi connectivity index (χ0n) is 28.5. The van der Waals surface area contributed by atoms with E-state index in [9.17, 15) is 5.26 Å². The molecule has 0 aliphatic carbocycles. The van der Waals surface area contributed by atoms with E-state index in [-0.39, 0.29) is 0 Å². The Morgan fingerprint density at radius 3 is 1.79 bits per heavy atom. The van der Waals surface area contributed by atoms with Crippen molar-refractivity contribution in [1.29, 1.82) is 5.26 Å². The van der Waals surface area contributed by atoms with Crippen molar-refractivity contribution < 1.29 is 4.42 Å². The highest BCUT2D eigenvalue weighted by Gasteiger charge is 2.22. The van der Waals surface area contributed by atoms with Gasteiger partial charge in [-0.2, -0.15) is 5.26 Å². The third-order valence-corrected chi connectivity index (χ3v) is 10.8. The van der Waals surface area contributed by atoms with Crippen molar-refractivity contribution in [3.63, 3.8) is 0 Å². The Morgan fingerprint density at radius 1 is 0.434 bits per heavy atom. The molecular weight excluding hydrogens is 647 g/mol. The van der Waals surface area contributed by atoms with Crippen molar-refractivity contribution >= 4 is 65.6 Å². The fraction of sp³-hybridized carbons (Fsp3) is 0. The van der Waals surface area contributed by atoms with Gasteiger partial charge in [0.2, 0.25) is 0 Å². The summed E-state index contributed by atoms with van der Waals surface area (Å²) in [5, 5.41) is 17.5. The molecule has 246 valence electrons. The predicted molar refractivity (Wildman–Crippen MR) is 218 cm³/mol. The standard InChI is InChI=1S/C49H29N3O/c50-30-33-28-32(31-12-2-1-3-13-31)22-24-35(33)38-25-23-34(29-46(38)52-42-18-8-4-14-36(42)37-15-5-9-19-43(37)52)51-44-20-10-6-17-41(44)48-45(51)27-26-40-39-16-7-11-21-47(39)53-49(40)48/h1-29H. The van der Waals surface area contributed by atoms with Gasteiger partial charge in [0, 0.05) is 43.7 Å². The van der Waals surface area contributed by atoms with E-state index in [2.05, 4.69) is 155 Å². The summed E-state index contributed by atoms with van der Waals surface area (Å²) >= 11 is 0. The minimum absolute atomic E-state index is 0.630. The zero-order chi connectivity index (χ0) is 35.0. The molecule has 0 amide bonds. The topological polar surface area (TPSA) is 46.8 Å². The monoisotopic (exact) mass is 675 g/mol. The van der Waals surface area contributed by atoms with Crippen molar-refractivity contribution in [2.24, 2.45) is 0 Å². The van der Waals surface area contributed by atoms with Crippen LogP contribution in [0.2, 0.25) is 0 Å². The van der Waals surface area contributed by atoms with Crippen LogP contribution in [-0.4, -0.2) is 9.13 Å². The number of rotatable bonds is 4. The van der Waals surface area contributed by atoms with Gasteiger partial charge < -0.3 is 13.6 Å². The second kappa shape index (κ2) is 11.3. The molecule has 0 fully saturated rings. The Kier molecular flexibility index (Phi) is 6.28.